The molecule has 0 bridgehead atoms. The molecule has 15 nitrogen and oxygen atoms in total. The number of para-hydroxylation sites is 1. The van der Waals surface area contributed by atoms with Gasteiger partial charge in [0.05, 0.1) is 45.8 Å². The zero-order valence-corrected chi connectivity index (χ0v) is 36.5. The average Bonchev–Trinajstić information content (AvgIpc) is 3.94. The molecule has 0 radical (unpaired) electrons. The van der Waals surface area contributed by atoms with E-state index in [9.17, 15) is 0 Å². The number of azo groups is 3. The molecule has 0 saturated heterocycles. The van der Waals surface area contributed by atoms with Gasteiger partial charge in [-0.25, -0.2) is 9.25 Å². The van der Waals surface area contributed by atoms with E-state index in [2.05, 4.69) is 63.6 Å². The number of rotatable bonds is 11. The minimum atomic E-state index is 0.521. The largest absolute Gasteiger partial charge is 0.429 e. The lowest BCUT2D eigenvalue weighted by atomic mass is 10.2. The van der Waals surface area contributed by atoms with Gasteiger partial charge < -0.3 is 14.7 Å². The molecule has 59 heavy (non-hydrogen) atoms. The monoisotopic (exact) mass is 828 g/mol. The van der Waals surface area contributed by atoms with Gasteiger partial charge in [-0.2, -0.15) is 9.94 Å². The van der Waals surface area contributed by atoms with Gasteiger partial charge in [0.25, 0.3) is 0 Å². The molecule has 0 atom stereocenters. The first-order valence-electron chi connectivity index (χ1n) is 18.6. The Balaban J connectivity index is 0.000000170. The van der Waals surface area contributed by atoms with Crippen LogP contribution in [0.5, 0.6) is 0 Å². The van der Waals surface area contributed by atoms with Crippen LogP contribution < -0.4 is 28.6 Å². The second-order valence-corrected chi connectivity index (χ2v) is 15.3. The molecule has 3 aromatic heterocycles. The number of fused-ring (bicyclic) bond motifs is 1. The average molecular weight is 829 g/mol. The quantitative estimate of drug-likeness (QED) is 0.0946. The molecule has 0 amide bonds. The number of nitrogens with zero attached hydrogens (tertiary/aromatic N) is 15. The van der Waals surface area contributed by atoms with Crippen molar-refractivity contribution >= 4 is 83.8 Å². The normalized spacial score (nSPS) is 11.1. The van der Waals surface area contributed by atoms with Gasteiger partial charge in [0.2, 0.25) is 0 Å². The molecule has 0 spiro atoms. The topological polar surface area (TPSA) is 137 Å². The molecule has 7 rings (SSSR count). The third-order valence-corrected chi connectivity index (χ3v) is 10.6. The summed E-state index contributed by atoms with van der Waals surface area (Å²) < 4.78 is 7.70. The second kappa shape index (κ2) is 21.1. The van der Waals surface area contributed by atoms with E-state index in [4.69, 9.17) is 5.26 Å². The molecule has 302 valence electrons. The molecule has 0 aliphatic heterocycles. The van der Waals surface area contributed by atoms with E-state index in [1.807, 2.05) is 179 Å². The Hall–Kier alpha value is -6.77. The molecule has 0 aliphatic rings. The number of nitriles is 1. The summed E-state index contributed by atoms with van der Waals surface area (Å²) in [5.41, 5.74) is 8.74. The van der Waals surface area contributed by atoms with Crippen molar-refractivity contribution in [2.75, 3.05) is 56.5 Å². The van der Waals surface area contributed by atoms with Crippen LogP contribution in [0.1, 0.15) is 6.42 Å². The summed E-state index contributed by atoms with van der Waals surface area (Å²) in [6.07, 6.45) is 2.47. The number of thiazole rings is 1. The van der Waals surface area contributed by atoms with Crippen molar-refractivity contribution in [3.8, 4) is 6.07 Å². The van der Waals surface area contributed by atoms with Gasteiger partial charge in [0.1, 0.15) is 42.9 Å². The van der Waals surface area contributed by atoms with Crippen LogP contribution in [-0.4, -0.2) is 51.6 Å². The van der Waals surface area contributed by atoms with E-state index < -0.39 is 0 Å². The summed E-state index contributed by atoms with van der Waals surface area (Å²) in [4.78, 5) is 6.15. The van der Waals surface area contributed by atoms with Crippen LogP contribution in [0.15, 0.2) is 145 Å². The van der Waals surface area contributed by atoms with E-state index in [0.717, 1.165) is 67.7 Å². The van der Waals surface area contributed by atoms with E-state index in [1.165, 1.54) is 11.3 Å². The lowest BCUT2D eigenvalue weighted by Crippen LogP contribution is -2.36. The van der Waals surface area contributed by atoms with Crippen molar-refractivity contribution in [1.29, 1.82) is 5.26 Å². The fourth-order valence-electron chi connectivity index (χ4n) is 5.38. The van der Waals surface area contributed by atoms with Crippen molar-refractivity contribution in [3.63, 3.8) is 0 Å². The van der Waals surface area contributed by atoms with Crippen LogP contribution in [0.2, 0.25) is 0 Å². The highest BCUT2D eigenvalue weighted by atomic mass is 32.1. The van der Waals surface area contributed by atoms with E-state index in [1.54, 1.807) is 21.5 Å². The first kappa shape index (κ1) is 43.4. The highest BCUT2D eigenvalue weighted by molar-refractivity contribution is 7.13. The fourth-order valence-corrected chi connectivity index (χ4v) is 6.63. The molecule has 0 saturated carbocycles. The van der Waals surface area contributed by atoms with Crippen molar-refractivity contribution in [2.45, 2.75) is 6.42 Å². The molecule has 0 unspecified atom stereocenters. The summed E-state index contributed by atoms with van der Waals surface area (Å²) in [7, 11) is 17.8. The van der Waals surface area contributed by atoms with Gasteiger partial charge in [0.15, 0.2) is 0 Å². The standard InChI is InChI=1S/C17H20N5.C14H16N5S.C11H14N5S/c1-20(2)14-11-9-13(10-12-14)18-19-17-15-7-5-6-8-16(15)21(3)22(17)4;1-18(9-3-8-15)13-6-4-12(5-7-13)16-17-14-19(2)10-11-20-14;1-15(2)10-6-4-9(5-7-10)13-14-11-16(3)12-8-17-11/h5-12H,1-4H3;4-7,10-11H,3,9H2,1-2H3;4-8H,1-3H3/q3*+1. The van der Waals surface area contributed by atoms with Crippen LogP contribution >= 0.6 is 22.7 Å². The van der Waals surface area contributed by atoms with E-state index in [-0.39, 0.29) is 0 Å². The Morgan fingerprint density at radius 2 is 1.19 bits per heavy atom. The van der Waals surface area contributed by atoms with Crippen LogP contribution in [0.25, 0.3) is 10.9 Å². The third kappa shape index (κ3) is 12.1. The lowest BCUT2D eigenvalue weighted by Gasteiger charge is -2.17. The Morgan fingerprint density at radius 3 is 1.68 bits per heavy atom. The van der Waals surface area contributed by atoms with Crippen molar-refractivity contribution in [3.05, 3.63) is 114 Å². The van der Waals surface area contributed by atoms with Crippen LogP contribution in [-0.2, 0) is 28.2 Å². The number of benzene rings is 4. The van der Waals surface area contributed by atoms with Crippen LogP contribution in [0.4, 0.5) is 50.2 Å². The summed E-state index contributed by atoms with van der Waals surface area (Å²) in [5.74, 6) is 0.856. The van der Waals surface area contributed by atoms with Gasteiger partial charge >= 0.3 is 16.1 Å². The predicted molar refractivity (Wildman–Crippen MR) is 237 cm³/mol. The summed E-state index contributed by atoms with van der Waals surface area (Å²) in [6, 6.07) is 34.1. The maximum atomic E-state index is 8.58. The molecular formula is C42H50N15S2+3. The zero-order chi connectivity index (χ0) is 42.3. The number of hydrogen-bond donors (Lipinski definition) is 0. The lowest BCUT2D eigenvalue weighted by molar-refractivity contribution is -0.737. The highest BCUT2D eigenvalue weighted by Crippen LogP contribution is 2.26. The molecule has 3 heterocycles. The Bertz CT molecular complexity index is 2520. The molecule has 17 heteroatoms. The number of hydrogen-bond acceptors (Lipinski definition) is 13. The third-order valence-electron chi connectivity index (χ3n) is 9.01. The Kier molecular flexibility index (Phi) is 15.5. The van der Waals surface area contributed by atoms with Gasteiger partial charge in [-0.15, -0.1) is 4.68 Å². The van der Waals surface area contributed by atoms with E-state index in [0.29, 0.717) is 6.42 Å². The van der Waals surface area contributed by atoms with Gasteiger partial charge in [-0.3, -0.25) is 0 Å². The summed E-state index contributed by atoms with van der Waals surface area (Å²) >= 11 is 3.01. The first-order valence-corrected chi connectivity index (χ1v) is 20.4. The van der Waals surface area contributed by atoms with Crippen molar-refractivity contribution in [2.24, 2.45) is 58.9 Å². The second-order valence-electron chi connectivity index (χ2n) is 13.6. The first-order chi connectivity index (χ1) is 28.4. The number of aryl methyl sites for hydroxylation is 3. The smallest absolute Gasteiger partial charge is 0.378 e. The molecule has 7 aromatic rings. The van der Waals surface area contributed by atoms with Crippen LogP contribution in [0, 0.1) is 11.3 Å². The number of anilines is 3. The Morgan fingerprint density at radius 1 is 0.661 bits per heavy atom. The number of aromatic nitrogens is 5. The molecule has 0 aliphatic carbocycles. The molecular weight excluding hydrogens is 779 g/mol. The minimum Gasteiger partial charge on any atom is -0.378 e. The molecule has 0 fully saturated rings. The summed E-state index contributed by atoms with van der Waals surface area (Å²) in [5, 5.41) is 42.9. The molecule has 0 N–H and O–H groups in total. The van der Waals surface area contributed by atoms with Crippen molar-refractivity contribution in [1.82, 2.24) is 9.78 Å². The van der Waals surface area contributed by atoms with Crippen molar-refractivity contribution < 1.29 is 13.9 Å². The van der Waals surface area contributed by atoms with Crippen LogP contribution in [0.3, 0.4) is 0 Å². The SMILES string of the molecule is CN(C)c1ccc(N=Nc2c3ccccc3n(C)[n+]2C)cc1.CN(C)c1ccc(N=Nc2scn[n+]2C)cc1.CN(CCC#N)c1ccc(N=Nc2scc[n+]2C)cc1. The Labute approximate surface area is 353 Å². The van der Waals surface area contributed by atoms with Gasteiger partial charge in [0, 0.05) is 71.3 Å². The maximum absolute atomic E-state index is 8.58. The summed E-state index contributed by atoms with van der Waals surface area (Å²) in [6.45, 7) is 0.725. The minimum absolute atomic E-state index is 0.521. The van der Waals surface area contributed by atoms with Gasteiger partial charge in [-0.1, -0.05) is 17.2 Å². The maximum Gasteiger partial charge on any atom is 0.429 e. The zero-order valence-electron chi connectivity index (χ0n) is 34.9. The highest BCUT2D eigenvalue weighted by Gasteiger charge is 2.19. The van der Waals surface area contributed by atoms with Gasteiger partial charge in [-0.05, 0) is 123 Å². The fraction of sp³-hybridized carbons (Fsp3) is 0.262. The molecule has 4 aromatic carbocycles. The van der Waals surface area contributed by atoms with E-state index >= 15 is 0 Å². The predicted octanol–water partition coefficient (Wildman–Crippen LogP) is 9.27.